The Kier molecular flexibility index (Phi) is 5.84. The zero-order valence-electron chi connectivity index (χ0n) is 16.8. The van der Waals surface area contributed by atoms with E-state index in [1.807, 2.05) is 55.5 Å². The Morgan fingerprint density at radius 2 is 1.87 bits per heavy atom. The third-order valence-electron chi connectivity index (χ3n) is 5.11. The zero-order valence-corrected chi connectivity index (χ0v) is 16.8. The smallest absolute Gasteiger partial charge is 0.260 e. The van der Waals surface area contributed by atoms with Gasteiger partial charge >= 0.3 is 0 Å². The van der Waals surface area contributed by atoms with E-state index in [0.717, 1.165) is 28.4 Å². The fourth-order valence-electron chi connectivity index (χ4n) is 3.54. The number of hydrogen-bond donors (Lipinski definition) is 0. The van der Waals surface area contributed by atoms with Crippen molar-refractivity contribution in [2.45, 2.75) is 13.5 Å². The molecular formula is C24H23NO5. The highest BCUT2D eigenvalue weighted by Gasteiger charge is 2.17. The molecule has 0 saturated heterocycles. The van der Waals surface area contributed by atoms with Crippen molar-refractivity contribution in [3.8, 4) is 17.2 Å². The van der Waals surface area contributed by atoms with Crippen molar-refractivity contribution in [3.05, 3.63) is 65.7 Å². The van der Waals surface area contributed by atoms with Gasteiger partial charge in [-0.25, -0.2) is 0 Å². The lowest BCUT2D eigenvalue weighted by Gasteiger charge is -2.23. The second kappa shape index (κ2) is 8.86. The molecule has 1 heterocycles. The number of likely N-dealkylation sites (N-methyl/N-ethyl adjacent to an activating group) is 1. The van der Waals surface area contributed by atoms with Crippen molar-refractivity contribution in [2.75, 3.05) is 26.4 Å². The quantitative estimate of drug-likeness (QED) is 0.559. The van der Waals surface area contributed by atoms with E-state index in [0.29, 0.717) is 43.4 Å². The van der Waals surface area contributed by atoms with Crippen LogP contribution in [0.5, 0.6) is 17.2 Å². The summed E-state index contributed by atoms with van der Waals surface area (Å²) in [4.78, 5) is 26.1. The molecule has 0 aromatic heterocycles. The molecule has 1 aliphatic rings. The number of benzene rings is 3. The number of fused-ring (bicyclic) bond motifs is 2. The number of hydrogen-bond acceptors (Lipinski definition) is 5. The molecule has 0 bridgehead atoms. The summed E-state index contributed by atoms with van der Waals surface area (Å²) in [5.41, 5.74) is 1.41. The maximum atomic E-state index is 12.8. The van der Waals surface area contributed by atoms with E-state index in [1.54, 1.807) is 11.0 Å². The van der Waals surface area contributed by atoms with Crippen LogP contribution < -0.4 is 14.2 Å². The Balaban J connectivity index is 1.45. The Bertz CT molecular complexity index is 1080. The minimum absolute atomic E-state index is 0.141. The lowest BCUT2D eigenvalue weighted by molar-refractivity contribution is -0.133. The Morgan fingerprint density at radius 3 is 2.67 bits per heavy atom. The van der Waals surface area contributed by atoms with Crippen LogP contribution >= 0.6 is 0 Å². The second-order valence-electron chi connectivity index (χ2n) is 6.99. The van der Waals surface area contributed by atoms with Crippen molar-refractivity contribution in [3.63, 3.8) is 0 Å². The molecule has 0 atom stereocenters. The van der Waals surface area contributed by atoms with E-state index >= 15 is 0 Å². The third-order valence-corrected chi connectivity index (χ3v) is 5.11. The van der Waals surface area contributed by atoms with Crippen molar-refractivity contribution >= 4 is 23.0 Å². The Morgan fingerprint density at radius 1 is 1.07 bits per heavy atom. The van der Waals surface area contributed by atoms with E-state index < -0.39 is 0 Å². The number of amides is 1. The van der Waals surface area contributed by atoms with Crippen LogP contribution in [-0.4, -0.2) is 43.5 Å². The molecule has 30 heavy (non-hydrogen) atoms. The summed E-state index contributed by atoms with van der Waals surface area (Å²) >= 11 is 0. The topological polar surface area (TPSA) is 65.1 Å². The van der Waals surface area contributed by atoms with Gasteiger partial charge in [0.05, 0.1) is 5.56 Å². The summed E-state index contributed by atoms with van der Waals surface area (Å²) in [6, 6.07) is 16.9. The van der Waals surface area contributed by atoms with Gasteiger partial charge in [-0.2, -0.15) is 0 Å². The molecule has 6 nitrogen and oxygen atoms in total. The summed E-state index contributed by atoms with van der Waals surface area (Å²) in [6.07, 6.45) is 0.773. The molecule has 0 saturated carbocycles. The van der Waals surface area contributed by atoms with Crippen LogP contribution in [0.15, 0.2) is 54.6 Å². The van der Waals surface area contributed by atoms with Crippen molar-refractivity contribution < 1.29 is 23.8 Å². The summed E-state index contributed by atoms with van der Waals surface area (Å²) in [5, 5.41) is 1.76. The number of ether oxygens (including phenoxy) is 3. The summed E-state index contributed by atoms with van der Waals surface area (Å²) in [5.74, 6) is 1.68. The van der Waals surface area contributed by atoms with Crippen LogP contribution in [0.2, 0.25) is 0 Å². The highest BCUT2D eigenvalue weighted by molar-refractivity contribution is 6.00. The van der Waals surface area contributed by atoms with Gasteiger partial charge in [0.25, 0.3) is 5.91 Å². The van der Waals surface area contributed by atoms with Crippen LogP contribution in [0.1, 0.15) is 22.8 Å². The molecule has 1 amide bonds. The predicted molar refractivity (Wildman–Crippen MR) is 113 cm³/mol. The van der Waals surface area contributed by atoms with Gasteiger partial charge in [-0.15, -0.1) is 0 Å². The molecule has 0 radical (unpaired) electrons. The monoisotopic (exact) mass is 405 g/mol. The van der Waals surface area contributed by atoms with E-state index in [4.69, 9.17) is 14.2 Å². The largest absolute Gasteiger partial charge is 0.486 e. The van der Waals surface area contributed by atoms with Gasteiger partial charge in [0.15, 0.2) is 24.4 Å². The highest BCUT2D eigenvalue weighted by Crippen LogP contribution is 2.31. The highest BCUT2D eigenvalue weighted by atomic mass is 16.6. The van der Waals surface area contributed by atoms with Gasteiger partial charge in [-0.3, -0.25) is 9.59 Å². The Hall–Kier alpha value is -3.54. The van der Waals surface area contributed by atoms with Gasteiger partial charge in [0, 0.05) is 13.1 Å². The zero-order chi connectivity index (χ0) is 20.9. The molecule has 4 rings (SSSR count). The minimum atomic E-state index is -0.155. The first-order chi connectivity index (χ1) is 14.7. The SMILES string of the molecule is CCN(Cc1ccc2c(c1)OCCO2)C(=O)COc1ccc2ccccc2c1C=O. The number of nitrogens with zero attached hydrogens (tertiary/aromatic N) is 1. The third kappa shape index (κ3) is 4.08. The summed E-state index contributed by atoms with van der Waals surface area (Å²) < 4.78 is 16.9. The normalized spacial score (nSPS) is 12.4. The first-order valence-corrected chi connectivity index (χ1v) is 9.95. The average molecular weight is 405 g/mol. The molecule has 3 aromatic carbocycles. The van der Waals surface area contributed by atoms with Crippen molar-refractivity contribution in [1.82, 2.24) is 4.90 Å². The van der Waals surface area contributed by atoms with Crippen LogP contribution in [-0.2, 0) is 11.3 Å². The van der Waals surface area contributed by atoms with Gasteiger partial charge in [-0.1, -0.05) is 36.4 Å². The van der Waals surface area contributed by atoms with E-state index in [9.17, 15) is 9.59 Å². The van der Waals surface area contributed by atoms with E-state index in [1.165, 1.54) is 0 Å². The maximum Gasteiger partial charge on any atom is 0.260 e. The molecule has 0 aliphatic carbocycles. The van der Waals surface area contributed by atoms with Crippen LogP contribution in [0, 0.1) is 0 Å². The van der Waals surface area contributed by atoms with E-state index in [-0.39, 0.29) is 12.5 Å². The molecule has 6 heteroatoms. The molecular weight excluding hydrogens is 382 g/mol. The van der Waals surface area contributed by atoms with E-state index in [2.05, 4.69) is 0 Å². The lowest BCUT2D eigenvalue weighted by Crippen LogP contribution is -2.34. The fourth-order valence-corrected chi connectivity index (χ4v) is 3.54. The van der Waals surface area contributed by atoms with Gasteiger partial charge < -0.3 is 19.1 Å². The second-order valence-corrected chi connectivity index (χ2v) is 6.99. The van der Waals surface area contributed by atoms with Crippen LogP contribution in [0.3, 0.4) is 0 Å². The van der Waals surface area contributed by atoms with Crippen molar-refractivity contribution in [2.24, 2.45) is 0 Å². The van der Waals surface area contributed by atoms with Crippen molar-refractivity contribution in [1.29, 1.82) is 0 Å². The lowest BCUT2D eigenvalue weighted by atomic mass is 10.0. The molecule has 0 fully saturated rings. The van der Waals surface area contributed by atoms with Gasteiger partial charge in [0.1, 0.15) is 19.0 Å². The number of carbonyl (C=O) groups excluding carboxylic acids is 2. The summed E-state index contributed by atoms with van der Waals surface area (Å²) in [7, 11) is 0. The molecule has 3 aromatic rings. The average Bonchev–Trinajstić information content (AvgIpc) is 2.80. The molecule has 0 spiro atoms. The first kappa shape index (κ1) is 19.8. The first-order valence-electron chi connectivity index (χ1n) is 9.95. The van der Waals surface area contributed by atoms with Crippen LogP contribution in [0.25, 0.3) is 10.8 Å². The molecule has 1 aliphatic heterocycles. The molecule has 0 N–H and O–H groups in total. The molecule has 154 valence electrons. The number of aldehydes is 1. The van der Waals surface area contributed by atoms with Crippen LogP contribution in [0.4, 0.5) is 0 Å². The van der Waals surface area contributed by atoms with Gasteiger partial charge in [0.2, 0.25) is 0 Å². The maximum absolute atomic E-state index is 12.8. The molecule has 0 unspecified atom stereocenters. The number of carbonyl (C=O) groups is 2. The summed E-state index contributed by atoms with van der Waals surface area (Å²) in [6.45, 7) is 3.81. The Labute approximate surface area is 175 Å². The number of rotatable bonds is 7. The standard InChI is InChI=1S/C24H23NO5/c1-2-25(14-17-7-9-22-23(13-17)29-12-11-28-22)24(27)16-30-21-10-8-18-5-3-4-6-19(18)20(21)15-26/h3-10,13,15H,2,11-12,14,16H2,1H3. The minimum Gasteiger partial charge on any atom is -0.486 e. The van der Waals surface area contributed by atoms with Gasteiger partial charge in [-0.05, 0) is 41.5 Å². The fraction of sp³-hybridized carbons (Fsp3) is 0.250. The predicted octanol–water partition coefficient (Wildman–Crippen LogP) is 3.85.